The first-order valence-electron chi connectivity index (χ1n) is 5.92. The van der Waals surface area contributed by atoms with E-state index in [2.05, 4.69) is 15.9 Å². The molecule has 0 bridgehead atoms. The Hall–Kier alpha value is -1.46. The number of halogens is 2. The summed E-state index contributed by atoms with van der Waals surface area (Å²) in [6.07, 6.45) is 0. The molecule has 0 aliphatic heterocycles. The number of rotatable bonds is 2. The molecule has 0 aliphatic carbocycles. The predicted octanol–water partition coefficient (Wildman–Crippen LogP) is 4.81. The molecule has 3 rings (SSSR count). The molecule has 102 valence electrons. The van der Waals surface area contributed by atoms with Gasteiger partial charge in [-0.15, -0.1) is 0 Å². The molecule has 0 fully saturated rings. The van der Waals surface area contributed by atoms with E-state index in [4.69, 9.17) is 4.42 Å². The maximum Gasteiger partial charge on any atom is 0.135 e. The van der Waals surface area contributed by atoms with Crippen LogP contribution in [0.15, 0.2) is 61.1 Å². The summed E-state index contributed by atoms with van der Waals surface area (Å²) in [7, 11) is -1.40. The van der Waals surface area contributed by atoms with Crippen LogP contribution in [0.25, 0.3) is 11.0 Å². The molecule has 2 nitrogen and oxygen atoms in total. The van der Waals surface area contributed by atoms with Gasteiger partial charge in [0.25, 0.3) is 0 Å². The minimum Gasteiger partial charge on any atom is -0.460 e. The fourth-order valence-electron chi connectivity index (χ4n) is 2.08. The summed E-state index contributed by atoms with van der Waals surface area (Å²) in [5.41, 5.74) is 0.691. The Morgan fingerprint density at radius 2 is 1.85 bits per heavy atom. The van der Waals surface area contributed by atoms with E-state index in [0.717, 1.165) is 9.86 Å². The van der Waals surface area contributed by atoms with Gasteiger partial charge in [-0.05, 0) is 49.4 Å². The lowest BCUT2D eigenvalue weighted by atomic mass is 10.2. The van der Waals surface area contributed by atoms with Gasteiger partial charge in [0, 0.05) is 14.8 Å². The van der Waals surface area contributed by atoms with Crippen molar-refractivity contribution in [2.45, 2.75) is 16.7 Å². The molecule has 0 spiro atoms. The van der Waals surface area contributed by atoms with Crippen LogP contribution in [-0.4, -0.2) is 4.21 Å². The zero-order chi connectivity index (χ0) is 14.3. The van der Waals surface area contributed by atoms with E-state index in [1.165, 1.54) is 24.3 Å². The SMILES string of the molecule is Cc1oc2ccc(Br)cc2c1[S@](=O)c1ccc(F)cc1. The third kappa shape index (κ3) is 2.31. The van der Waals surface area contributed by atoms with Crippen LogP contribution in [0.5, 0.6) is 0 Å². The summed E-state index contributed by atoms with van der Waals surface area (Å²) in [4.78, 5) is 1.19. The van der Waals surface area contributed by atoms with Gasteiger partial charge in [0.15, 0.2) is 0 Å². The van der Waals surface area contributed by atoms with E-state index >= 15 is 0 Å². The lowest BCUT2D eigenvalue weighted by Crippen LogP contribution is -1.94. The Morgan fingerprint density at radius 1 is 1.15 bits per heavy atom. The van der Waals surface area contributed by atoms with Gasteiger partial charge in [-0.2, -0.15) is 0 Å². The molecule has 0 N–H and O–H groups in total. The Kier molecular flexibility index (Phi) is 3.48. The highest BCUT2D eigenvalue weighted by atomic mass is 79.9. The van der Waals surface area contributed by atoms with Crippen molar-refractivity contribution < 1.29 is 13.0 Å². The van der Waals surface area contributed by atoms with E-state index in [-0.39, 0.29) is 5.82 Å². The smallest absolute Gasteiger partial charge is 0.135 e. The van der Waals surface area contributed by atoms with E-state index in [1.54, 1.807) is 6.92 Å². The molecule has 0 amide bonds. The first-order valence-corrected chi connectivity index (χ1v) is 7.86. The monoisotopic (exact) mass is 352 g/mol. The summed E-state index contributed by atoms with van der Waals surface area (Å²) in [6, 6.07) is 11.3. The van der Waals surface area contributed by atoms with Crippen molar-refractivity contribution in [1.82, 2.24) is 0 Å². The largest absolute Gasteiger partial charge is 0.460 e. The van der Waals surface area contributed by atoms with Gasteiger partial charge in [0.05, 0.1) is 15.7 Å². The predicted molar refractivity (Wildman–Crippen MR) is 79.7 cm³/mol. The molecule has 0 saturated carbocycles. The van der Waals surface area contributed by atoms with E-state index in [0.29, 0.717) is 21.1 Å². The van der Waals surface area contributed by atoms with Crippen LogP contribution in [0.1, 0.15) is 5.76 Å². The van der Waals surface area contributed by atoms with Crippen molar-refractivity contribution in [3.63, 3.8) is 0 Å². The molecular weight excluding hydrogens is 343 g/mol. The second-order valence-electron chi connectivity index (χ2n) is 4.35. The van der Waals surface area contributed by atoms with Gasteiger partial charge in [0.2, 0.25) is 0 Å². The molecule has 0 unspecified atom stereocenters. The number of hydrogen-bond acceptors (Lipinski definition) is 2. The fourth-order valence-corrected chi connectivity index (χ4v) is 3.72. The molecule has 1 aromatic heterocycles. The molecular formula is C15H10BrFO2S. The number of fused-ring (bicyclic) bond motifs is 1. The molecule has 0 saturated heterocycles. The van der Waals surface area contributed by atoms with Gasteiger partial charge >= 0.3 is 0 Å². The molecule has 0 radical (unpaired) electrons. The number of aryl methyl sites for hydroxylation is 1. The van der Waals surface area contributed by atoms with E-state index in [9.17, 15) is 8.60 Å². The van der Waals surface area contributed by atoms with Crippen molar-refractivity contribution in [1.29, 1.82) is 0 Å². The standard InChI is InChI=1S/C15H10BrFO2S/c1-9-15(13-8-10(16)2-7-14(13)19-9)20(18)12-5-3-11(17)4-6-12/h2-8H,1H3/t20-/m1/s1. The third-order valence-electron chi connectivity index (χ3n) is 2.98. The van der Waals surface area contributed by atoms with Crippen molar-refractivity contribution in [2.75, 3.05) is 0 Å². The van der Waals surface area contributed by atoms with Crippen LogP contribution in [0.4, 0.5) is 4.39 Å². The summed E-state index contributed by atoms with van der Waals surface area (Å²) < 4.78 is 32.2. The van der Waals surface area contributed by atoms with Crippen molar-refractivity contribution in [3.05, 3.63) is 58.5 Å². The summed E-state index contributed by atoms with van der Waals surface area (Å²) in [5.74, 6) is 0.267. The lowest BCUT2D eigenvalue weighted by Gasteiger charge is -2.02. The normalized spacial score (nSPS) is 12.8. The molecule has 20 heavy (non-hydrogen) atoms. The fraction of sp³-hybridized carbons (Fsp3) is 0.0667. The van der Waals surface area contributed by atoms with Gasteiger partial charge in [-0.25, -0.2) is 8.60 Å². The first-order chi connectivity index (χ1) is 9.56. The zero-order valence-electron chi connectivity index (χ0n) is 10.5. The summed E-state index contributed by atoms with van der Waals surface area (Å²) in [5, 5.41) is 0.805. The Morgan fingerprint density at radius 3 is 2.55 bits per heavy atom. The average molecular weight is 353 g/mol. The molecule has 3 aromatic rings. The molecule has 5 heteroatoms. The number of benzene rings is 2. The second kappa shape index (κ2) is 5.14. The van der Waals surface area contributed by atoms with Crippen molar-refractivity contribution in [3.8, 4) is 0 Å². The molecule has 2 aromatic carbocycles. The highest BCUT2D eigenvalue weighted by Crippen LogP contribution is 2.32. The third-order valence-corrected chi connectivity index (χ3v) is 5.05. The molecule has 1 heterocycles. The average Bonchev–Trinajstić information content (AvgIpc) is 2.74. The maximum absolute atomic E-state index is 13.0. The number of hydrogen-bond donors (Lipinski definition) is 0. The second-order valence-corrected chi connectivity index (χ2v) is 6.68. The Bertz CT molecular complexity index is 809. The van der Waals surface area contributed by atoms with Gasteiger partial charge in [-0.1, -0.05) is 15.9 Å². The summed E-state index contributed by atoms with van der Waals surface area (Å²) >= 11 is 3.40. The quantitative estimate of drug-likeness (QED) is 0.662. The maximum atomic E-state index is 13.0. The van der Waals surface area contributed by atoms with Crippen LogP contribution in [0, 0.1) is 12.7 Å². The van der Waals surface area contributed by atoms with Gasteiger partial charge < -0.3 is 4.42 Å². The van der Waals surface area contributed by atoms with Crippen molar-refractivity contribution >= 4 is 37.7 Å². The highest BCUT2D eigenvalue weighted by Gasteiger charge is 2.18. The Balaban J connectivity index is 2.18. The minimum absolute atomic E-state index is 0.345. The van der Waals surface area contributed by atoms with Crippen LogP contribution in [0.2, 0.25) is 0 Å². The number of furan rings is 1. The van der Waals surface area contributed by atoms with E-state index in [1.807, 2.05) is 18.2 Å². The summed E-state index contributed by atoms with van der Waals surface area (Å²) in [6.45, 7) is 1.78. The molecule has 0 aliphatic rings. The van der Waals surface area contributed by atoms with Crippen LogP contribution >= 0.6 is 15.9 Å². The van der Waals surface area contributed by atoms with Crippen molar-refractivity contribution in [2.24, 2.45) is 0 Å². The van der Waals surface area contributed by atoms with Crippen LogP contribution in [0.3, 0.4) is 0 Å². The van der Waals surface area contributed by atoms with Gasteiger partial charge in [-0.3, -0.25) is 0 Å². The van der Waals surface area contributed by atoms with Crippen LogP contribution in [-0.2, 0) is 10.8 Å². The first kappa shape index (κ1) is 13.5. The topological polar surface area (TPSA) is 30.2 Å². The zero-order valence-corrected chi connectivity index (χ0v) is 12.9. The Labute approximate surface area is 126 Å². The minimum atomic E-state index is -1.40. The molecule has 1 atom stereocenters. The highest BCUT2D eigenvalue weighted by molar-refractivity contribution is 9.10. The van der Waals surface area contributed by atoms with E-state index < -0.39 is 10.8 Å². The lowest BCUT2D eigenvalue weighted by molar-refractivity contribution is 0.566. The van der Waals surface area contributed by atoms with Gasteiger partial charge in [0.1, 0.15) is 17.2 Å². The van der Waals surface area contributed by atoms with Crippen LogP contribution < -0.4 is 0 Å².